The van der Waals surface area contributed by atoms with Crippen molar-refractivity contribution >= 4 is 23.4 Å². The molecule has 0 radical (unpaired) electrons. The number of aryl methyl sites for hydroxylation is 1. The van der Waals surface area contributed by atoms with Crippen molar-refractivity contribution in [3.05, 3.63) is 39.9 Å². The molecule has 1 fully saturated rings. The fraction of sp³-hybridized carbons (Fsp3) is 0.412. The molecule has 2 aliphatic rings. The van der Waals surface area contributed by atoms with E-state index in [1.807, 2.05) is 6.92 Å². The lowest BCUT2D eigenvalue weighted by Gasteiger charge is -2.35. The number of anilines is 3. The molecule has 1 spiro atoms. The first kappa shape index (κ1) is 15.6. The van der Waals surface area contributed by atoms with E-state index < -0.39 is 5.66 Å². The summed E-state index contributed by atoms with van der Waals surface area (Å²) in [7, 11) is 0. The van der Waals surface area contributed by atoms with Gasteiger partial charge < -0.3 is 16.4 Å². The second-order valence-corrected chi connectivity index (χ2v) is 6.70. The monoisotopic (exact) mass is 340 g/mol. The normalized spacial score (nSPS) is 18.0. The molecule has 3 heterocycles. The Balaban J connectivity index is 1.84. The van der Waals surface area contributed by atoms with E-state index in [4.69, 9.17) is 5.73 Å². The molecule has 4 N–H and O–H groups in total. The van der Waals surface area contributed by atoms with E-state index in [-0.39, 0.29) is 17.4 Å². The van der Waals surface area contributed by atoms with E-state index in [0.717, 1.165) is 37.7 Å². The molecule has 0 saturated heterocycles. The summed E-state index contributed by atoms with van der Waals surface area (Å²) in [4.78, 5) is 33.6. The SMILES string of the molecule is Cc1cc(Nc2ccnc(N)n2)c(=O)n2c1C(=O)NC21CCCCC1. The minimum Gasteiger partial charge on any atom is -0.368 e. The molecule has 130 valence electrons. The van der Waals surface area contributed by atoms with Crippen LogP contribution < -0.4 is 21.9 Å². The molecule has 2 aromatic heterocycles. The molecule has 8 nitrogen and oxygen atoms in total. The molecule has 1 aliphatic heterocycles. The van der Waals surface area contributed by atoms with Gasteiger partial charge in [0.15, 0.2) is 0 Å². The van der Waals surface area contributed by atoms with Gasteiger partial charge in [-0.25, -0.2) is 4.98 Å². The first-order chi connectivity index (χ1) is 12.0. The van der Waals surface area contributed by atoms with Crippen LogP contribution in [0.1, 0.15) is 48.2 Å². The number of carbonyl (C=O) groups is 1. The zero-order chi connectivity index (χ0) is 17.6. The Kier molecular flexibility index (Phi) is 3.48. The summed E-state index contributed by atoms with van der Waals surface area (Å²) in [5.74, 6) is 0.400. The number of nitrogens with zero attached hydrogens (tertiary/aromatic N) is 3. The third-order valence-electron chi connectivity index (χ3n) is 5.00. The van der Waals surface area contributed by atoms with Gasteiger partial charge >= 0.3 is 0 Å². The molecule has 25 heavy (non-hydrogen) atoms. The predicted molar refractivity (Wildman–Crippen MR) is 93.7 cm³/mol. The Morgan fingerprint density at radius 1 is 1.28 bits per heavy atom. The number of hydrogen-bond donors (Lipinski definition) is 3. The predicted octanol–water partition coefficient (Wildman–Crippen LogP) is 1.63. The molecular formula is C17H20N6O2. The fourth-order valence-corrected chi connectivity index (χ4v) is 3.92. The molecule has 1 saturated carbocycles. The number of nitrogens with two attached hydrogens (primary N) is 1. The van der Waals surface area contributed by atoms with Crippen molar-refractivity contribution < 1.29 is 4.79 Å². The number of aromatic nitrogens is 3. The summed E-state index contributed by atoms with van der Waals surface area (Å²) in [5, 5.41) is 6.08. The summed E-state index contributed by atoms with van der Waals surface area (Å²) in [6.07, 6.45) is 6.18. The van der Waals surface area contributed by atoms with Crippen LogP contribution >= 0.6 is 0 Å². The van der Waals surface area contributed by atoms with Gasteiger partial charge in [0.2, 0.25) is 5.95 Å². The zero-order valence-electron chi connectivity index (χ0n) is 14.0. The lowest BCUT2D eigenvalue weighted by molar-refractivity contribution is 0.0876. The van der Waals surface area contributed by atoms with Gasteiger partial charge in [0, 0.05) is 6.20 Å². The van der Waals surface area contributed by atoms with Gasteiger partial charge in [0.05, 0.1) is 0 Å². The minimum atomic E-state index is -0.602. The van der Waals surface area contributed by atoms with Crippen LogP contribution in [0.15, 0.2) is 23.1 Å². The van der Waals surface area contributed by atoms with Crippen LogP contribution in [0.5, 0.6) is 0 Å². The molecule has 2 aromatic rings. The maximum absolute atomic E-state index is 13.2. The van der Waals surface area contributed by atoms with Crippen molar-refractivity contribution in [3.63, 3.8) is 0 Å². The first-order valence-electron chi connectivity index (χ1n) is 8.45. The molecule has 1 aliphatic carbocycles. The first-order valence-corrected chi connectivity index (χ1v) is 8.45. The lowest BCUT2D eigenvalue weighted by atomic mass is 9.89. The largest absolute Gasteiger partial charge is 0.368 e. The van der Waals surface area contributed by atoms with Gasteiger partial charge in [0.25, 0.3) is 11.5 Å². The second kappa shape index (κ2) is 5.58. The number of carbonyl (C=O) groups excluding carboxylic acids is 1. The highest BCUT2D eigenvalue weighted by Gasteiger charge is 2.45. The average molecular weight is 340 g/mol. The van der Waals surface area contributed by atoms with Crippen LogP contribution in [0.3, 0.4) is 0 Å². The Bertz CT molecular complexity index is 914. The highest BCUT2D eigenvalue weighted by atomic mass is 16.2. The molecule has 4 rings (SSSR count). The van der Waals surface area contributed by atoms with Crippen molar-refractivity contribution in [3.8, 4) is 0 Å². The number of nitrogen functional groups attached to an aromatic ring is 1. The number of hydrogen-bond acceptors (Lipinski definition) is 6. The fourth-order valence-electron chi connectivity index (χ4n) is 3.92. The Labute approximate surface area is 144 Å². The quantitative estimate of drug-likeness (QED) is 0.765. The topological polar surface area (TPSA) is 115 Å². The van der Waals surface area contributed by atoms with E-state index in [1.54, 1.807) is 16.7 Å². The van der Waals surface area contributed by atoms with E-state index >= 15 is 0 Å². The molecule has 8 heteroatoms. The Morgan fingerprint density at radius 3 is 2.76 bits per heavy atom. The van der Waals surface area contributed by atoms with Crippen LogP contribution in [0.4, 0.5) is 17.5 Å². The summed E-state index contributed by atoms with van der Waals surface area (Å²) in [6, 6.07) is 3.33. The van der Waals surface area contributed by atoms with E-state index in [9.17, 15) is 9.59 Å². The van der Waals surface area contributed by atoms with Crippen molar-refractivity contribution in [2.45, 2.75) is 44.7 Å². The smallest absolute Gasteiger partial charge is 0.276 e. The van der Waals surface area contributed by atoms with Gasteiger partial charge in [-0.15, -0.1) is 0 Å². The maximum Gasteiger partial charge on any atom is 0.276 e. The molecule has 0 atom stereocenters. The van der Waals surface area contributed by atoms with Crippen LogP contribution in [0.25, 0.3) is 0 Å². The minimum absolute atomic E-state index is 0.128. The van der Waals surface area contributed by atoms with Gasteiger partial charge in [0.1, 0.15) is 22.9 Å². The molecule has 0 bridgehead atoms. The van der Waals surface area contributed by atoms with Crippen LogP contribution in [0, 0.1) is 6.92 Å². The number of fused-ring (bicyclic) bond motifs is 2. The summed E-state index contributed by atoms with van der Waals surface area (Å²) in [6.45, 7) is 1.84. The maximum atomic E-state index is 13.2. The number of pyridine rings is 1. The zero-order valence-corrected chi connectivity index (χ0v) is 14.0. The van der Waals surface area contributed by atoms with Crippen LogP contribution in [0.2, 0.25) is 0 Å². The highest BCUT2D eigenvalue weighted by molar-refractivity contribution is 5.97. The number of nitrogens with one attached hydrogen (secondary N) is 2. The van der Waals surface area contributed by atoms with Gasteiger partial charge in [-0.3, -0.25) is 14.2 Å². The van der Waals surface area contributed by atoms with Gasteiger partial charge in [-0.05, 0) is 50.3 Å². The third kappa shape index (κ3) is 2.45. The van der Waals surface area contributed by atoms with E-state index in [2.05, 4.69) is 20.6 Å². The van der Waals surface area contributed by atoms with E-state index in [1.165, 1.54) is 6.20 Å². The van der Waals surface area contributed by atoms with Gasteiger partial charge in [-0.2, -0.15) is 4.98 Å². The average Bonchev–Trinajstić information content (AvgIpc) is 2.85. The van der Waals surface area contributed by atoms with Gasteiger partial charge in [-0.1, -0.05) is 6.42 Å². The standard InChI is InChI=1S/C17H20N6O2/c1-10-9-11(20-12-5-8-19-16(18)21-12)15(25)23-13(10)14(24)22-17(23)6-3-2-4-7-17/h5,8-9H,2-4,6-7H2,1H3,(H,22,24)(H3,18,19,20,21). The third-order valence-corrected chi connectivity index (χ3v) is 5.00. The lowest BCUT2D eigenvalue weighted by Crippen LogP contribution is -2.48. The Hall–Kier alpha value is -2.90. The highest BCUT2D eigenvalue weighted by Crippen LogP contribution is 2.37. The molecule has 0 unspecified atom stereocenters. The van der Waals surface area contributed by atoms with Crippen LogP contribution in [-0.4, -0.2) is 20.4 Å². The van der Waals surface area contributed by atoms with Crippen molar-refractivity contribution in [1.82, 2.24) is 19.9 Å². The second-order valence-electron chi connectivity index (χ2n) is 6.70. The molecule has 1 amide bonds. The van der Waals surface area contributed by atoms with E-state index in [0.29, 0.717) is 17.2 Å². The van der Waals surface area contributed by atoms with Crippen LogP contribution in [-0.2, 0) is 5.66 Å². The number of amides is 1. The number of rotatable bonds is 2. The summed E-state index contributed by atoms with van der Waals surface area (Å²) >= 11 is 0. The molecular weight excluding hydrogens is 320 g/mol. The summed E-state index contributed by atoms with van der Waals surface area (Å²) in [5.41, 5.74) is 6.36. The molecule has 0 aromatic carbocycles. The Morgan fingerprint density at radius 2 is 2.04 bits per heavy atom. The van der Waals surface area contributed by atoms with Crippen molar-refractivity contribution in [1.29, 1.82) is 0 Å². The summed E-state index contributed by atoms with van der Waals surface area (Å²) < 4.78 is 1.65. The van der Waals surface area contributed by atoms with Crippen molar-refractivity contribution in [2.24, 2.45) is 0 Å². The van der Waals surface area contributed by atoms with Crippen molar-refractivity contribution in [2.75, 3.05) is 11.1 Å².